The van der Waals surface area contributed by atoms with E-state index < -0.39 is 11.4 Å². The predicted molar refractivity (Wildman–Crippen MR) is 84.0 cm³/mol. The number of hydrogen-bond donors (Lipinski definition) is 1. The van der Waals surface area contributed by atoms with E-state index in [1.165, 1.54) is 5.56 Å². The normalized spacial score (nSPS) is 18.1. The van der Waals surface area contributed by atoms with Gasteiger partial charge in [0.05, 0.1) is 15.6 Å². The number of nitrogens with zero attached hydrogens (tertiary/aromatic N) is 3. The molecule has 1 N–H and O–H groups in total. The van der Waals surface area contributed by atoms with E-state index in [0.29, 0.717) is 19.3 Å². The van der Waals surface area contributed by atoms with E-state index in [4.69, 9.17) is 0 Å². The van der Waals surface area contributed by atoms with E-state index in [1.54, 1.807) is 17.7 Å². The van der Waals surface area contributed by atoms with Crippen molar-refractivity contribution in [2.24, 2.45) is 5.41 Å². The SMILES string of the molecule is CCC1(C(=O)O)CCN(c2ncnc3c(C)csc23)CC1. The first-order valence-corrected chi connectivity index (χ1v) is 8.12. The van der Waals surface area contributed by atoms with Crippen molar-refractivity contribution in [2.75, 3.05) is 18.0 Å². The number of aryl methyl sites for hydroxylation is 1. The van der Waals surface area contributed by atoms with Crippen LogP contribution in [0.3, 0.4) is 0 Å². The molecule has 0 unspecified atom stereocenters. The molecule has 0 bridgehead atoms. The number of aliphatic carboxylic acids is 1. The summed E-state index contributed by atoms with van der Waals surface area (Å²) in [4.78, 5) is 22.5. The lowest BCUT2D eigenvalue weighted by Crippen LogP contribution is -2.44. The van der Waals surface area contributed by atoms with E-state index in [-0.39, 0.29) is 0 Å². The third-order valence-electron chi connectivity index (χ3n) is 4.66. The molecule has 0 spiro atoms. The minimum Gasteiger partial charge on any atom is -0.481 e. The van der Waals surface area contributed by atoms with E-state index in [9.17, 15) is 9.90 Å². The smallest absolute Gasteiger partial charge is 0.309 e. The maximum Gasteiger partial charge on any atom is 0.309 e. The molecule has 1 saturated heterocycles. The summed E-state index contributed by atoms with van der Waals surface area (Å²) in [6, 6.07) is 0. The predicted octanol–water partition coefficient (Wildman–Crippen LogP) is 3.08. The third kappa shape index (κ3) is 2.27. The second-order valence-corrected chi connectivity index (χ2v) is 6.60. The Balaban J connectivity index is 1.88. The zero-order valence-electron chi connectivity index (χ0n) is 12.3. The molecule has 1 aliphatic heterocycles. The van der Waals surface area contributed by atoms with Crippen molar-refractivity contribution in [1.82, 2.24) is 9.97 Å². The molecule has 0 amide bonds. The van der Waals surface area contributed by atoms with Crippen LogP contribution in [0.2, 0.25) is 0 Å². The largest absolute Gasteiger partial charge is 0.481 e. The van der Waals surface area contributed by atoms with Gasteiger partial charge >= 0.3 is 5.97 Å². The fourth-order valence-corrected chi connectivity index (χ4v) is 4.07. The third-order valence-corrected chi connectivity index (χ3v) is 5.75. The number of thiophene rings is 1. The fourth-order valence-electron chi connectivity index (χ4n) is 3.05. The Labute approximate surface area is 127 Å². The lowest BCUT2D eigenvalue weighted by molar-refractivity contribution is -0.150. The average Bonchev–Trinajstić information content (AvgIpc) is 2.89. The highest BCUT2D eigenvalue weighted by atomic mass is 32.1. The minimum atomic E-state index is -0.663. The second kappa shape index (κ2) is 5.26. The lowest BCUT2D eigenvalue weighted by atomic mass is 9.76. The van der Waals surface area contributed by atoms with Crippen LogP contribution in [0.4, 0.5) is 5.82 Å². The molecule has 3 rings (SSSR count). The van der Waals surface area contributed by atoms with Gasteiger partial charge in [0.2, 0.25) is 0 Å². The van der Waals surface area contributed by atoms with Crippen LogP contribution >= 0.6 is 11.3 Å². The Kier molecular flexibility index (Phi) is 3.57. The van der Waals surface area contributed by atoms with Crippen molar-refractivity contribution in [3.8, 4) is 0 Å². The molecule has 0 aliphatic carbocycles. The van der Waals surface area contributed by atoms with Gasteiger partial charge in [-0.2, -0.15) is 0 Å². The van der Waals surface area contributed by atoms with Crippen molar-refractivity contribution in [1.29, 1.82) is 0 Å². The van der Waals surface area contributed by atoms with Gasteiger partial charge in [-0.25, -0.2) is 9.97 Å². The number of carboxylic acids is 1. The molecule has 0 aromatic carbocycles. The Hall–Kier alpha value is -1.69. The molecule has 1 aliphatic rings. The quantitative estimate of drug-likeness (QED) is 0.944. The van der Waals surface area contributed by atoms with Gasteiger partial charge in [0.25, 0.3) is 0 Å². The summed E-state index contributed by atoms with van der Waals surface area (Å²) in [5, 5.41) is 11.6. The Morgan fingerprint density at radius 2 is 2.14 bits per heavy atom. The molecule has 0 radical (unpaired) electrons. The topological polar surface area (TPSA) is 66.3 Å². The van der Waals surface area contributed by atoms with Crippen molar-refractivity contribution in [2.45, 2.75) is 33.1 Å². The highest BCUT2D eigenvalue weighted by Gasteiger charge is 2.40. The number of rotatable bonds is 3. The maximum absolute atomic E-state index is 11.5. The Morgan fingerprint density at radius 1 is 1.43 bits per heavy atom. The van der Waals surface area contributed by atoms with E-state index in [1.807, 2.05) is 6.92 Å². The number of hydrogen-bond acceptors (Lipinski definition) is 5. The summed E-state index contributed by atoms with van der Waals surface area (Å²) in [6.45, 7) is 5.50. The first-order valence-electron chi connectivity index (χ1n) is 7.24. The number of anilines is 1. The summed E-state index contributed by atoms with van der Waals surface area (Å²) in [7, 11) is 0. The molecule has 3 heterocycles. The Morgan fingerprint density at radius 3 is 2.76 bits per heavy atom. The first-order chi connectivity index (χ1) is 10.1. The van der Waals surface area contributed by atoms with Gasteiger partial charge in [-0.05, 0) is 37.1 Å². The molecule has 1 fully saturated rings. The number of fused-ring (bicyclic) bond motifs is 1. The summed E-state index contributed by atoms with van der Waals surface area (Å²) < 4.78 is 1.11. The molecule has 21 heavy (non-hydrogen) atoms. The van der Waals surface area contributed by atoms with E-state index in [2.05, 4.69) is 27.2 Å². The molecule has 0 atom stereocenters. The van der Waals surface area contributed by atoms with Crippen LogP contribution in [0.15, 0.2) is 11.7 Å². The van der Waals surface area contributed by atoms with Crippen LogP contribution in [0.5, 0.6) is 0 Å². The van der Waals surface area contributed by atoms with Gasteiger partial charge in [-0.3, -0.25) is 4.79 Å². The zero-order chi connectivity index (χ0) is 15.0. The summed E-state index contributed by atoms with van der Waals surface area (Å²) in [5.41, 5.74) is 1.62. The molecule has 6 heteroatoms. The first kappa shape index (κ1) is 14.3. The standard InChI is InChI=1S/C15H19N3O2S/c1-3-15(14(19)20)4-6-18(7-5-15)13-12-11(16-9-17-13)10(2)8-21-12/h8-9H,3-7H2,1-2H3,(H,19,20). The van der Waals surface area contributed by atoms with Crippen LogP contribution in [0.25, 0.3) is 10.2 Å². The molecule has 2 aromatic heterocycles. The van der Waals surface area contributed by atoms with E-state index >= 15 is 0 Å². The monoisotopic (exact) mass is 305 g/mol. The van der Waals surface area contributed by atoms with Crippen LogP contribution in [0, 0.1) is 12.3 Å². The van der Waals surface area contributed by atoms with Crippen LogP contribution in [-0.2, 0) is 4.79 Å². The summed E-state index contributed by atoms with van der Waals surface area (Å²) in [5.74, 6) is 0.289. The second-order valence-electron chi connectivity index (χ2n) is 5.72. The molecule has 5 nitrogen and oxygen atoms in total. The summed E-state index contributed by atoms with van der Waals surface area (Å²) >= 11 is 1.66. The van der Waals surface area contributed by atoms with Gasteiger partial charge in [0, 0.05) is 13.1 Å². The van der Waals surface area contributed by atoms with Crippen LogP contribution in [-0.4, -0.2) is 34.1 Å². The highest BCUT2D eigenvalue weighted by Crippen LogP contribution is 2.38. The van der Waals surface area contributed by atoms with Crippen molar-refractivity contribution >= 4 is 33.3 Å². The van der Waals surface area contributed by atoms with Crippen molar-refractivity contribution in [3.05, 3.63) is 17.3 Å². The average molecular weight is 305 g/mol. The van der Waals surface area contributed by atoms with Gasteiger partial charge < -0.3 is 10.0 Å². The minimum absolute atomic E-state index is 0.561. The van der Waals surface area contributed by atoms with Gasteiger partial charge in [0.1, 0.15) is 12.1 Å². The van der Waals surface area contributed by atoms with Crippen molar-refractivity contribution < 1.29 is 9.90 Å². The van der Waals surface area contributed by atoms with Gasteiger partial charge in [0.15, 0.2) is 0 Å². The molecular weight excluding hydrogens is 286 g/mol. The Bertz CT molecular complexity index is 675. The lowest BCUT2D eigenvalue weighted by Gasteiger charge is -2.38. The zero-order valence-corrected chi connectivity index (χ0v) is 13.1. The number of aromatic nitrogens is 2. The van der Waals surface area contributed by atoms with E-state index in [0.717, 1.165) is 29.1 Å². The van der Waals surface area contributed by atoms with Crippen molar-refractivity contribution in [3.63, 3.8) is 0 Å². The van der Waals surface area contributed by atoms with Gasteiger partial charge in [-0.1, -0.05) is 6.92 Å². The summed E-state index contributed by atoms with van der Waals surface area (Å²) in [6.07, 6.45) is 3.65. The van der Waals surface area contributed by atoms with Crippen LogP contribution < -0.4 is 4.90 Å². The maximum atomic E-state index is 11.5. The van der Waals surface area contributed by atoms with Gasteiger partial charge in [-0.15, -0.1) is 11.3 Å². The molecular formula is C15H19N3O2S. The fraction of sp³-hybridized carbons (Fsp3) is 0.533. The number of piperidine rings is 1. The van der Waals surface area contributed by atoms with Crippen LogP contribution in [0.1, 0.15) is 31.7 Å². The molecule has 112 valence electrons. The number of carboxylic acid groups (broad SMARTS) is 1. The number of carbonyl (C=O) groups is 1. The molecule has 2 aromatic rings. The molecule has 0 saturated carbocycles. The highest BCUT2D eigenvalue weighted by molar-refractivity contribution is 7.18.